The molecular formula is C26H32N2O3. The maximum absolute atomic E-state index is 11.9. The minimum absolute atomic E-state index is 0.0821. The fourth-order valence-electron chi connectivity index (χ4n) is 3.33. The van der Waals surface area contributed by atoms with Crippen LogP contribution in [0.4, 0.5) is 5.69 Å². The maximum atomic E-state index is 11.9. The Bertz CT molecular complexity index is 939. The van der Waals surface area contributed by atoms with E-state index >= 15 is 0 Å². The zero-order chi connectivity index (χ0) is 23.6. The number of rotatable bonds is 2. The Balaban J connectivity index is 0.000000605. The fraction of sp³-hybridized carbons (Fsp3) is 0.308. The number of benzene rings is 2. The lowest BCUT2D eigenvalue weighted by atomic mass is 9.93. The van der Waals surface area contributed by atoms with E-state index in [9.17, 15) is 9.59 Å². The largest absolute Gasteiger partial charge is 0.465 e. The van der Waals surface area contributed by atoms with E-state index in [1.54, 1.807) is 19.1 Å². The van der Waals surface area contributed by atoms with Crippen LogP contribution in [0.2, 0.25) is 0 Å². The minimum Gasteiger partial charge on any atom is -0.465 e. The number of aryl methyl sites for hydroxylation is 1. The highest BCUT2D eigenvalue weighted by molar-refractivity contribution is 5.94. The van der Waals surface area contributed by atoms with Crippen molar-refractivity contribution in [2.24, 2.45) is 5.73 Å². The van der Waals surface area contributed by atoms with Gasteiger partial charge in [0.15, 0.2) is 0 Å². The monoisotopic (exact) mass is 420 g/mol. The first-order valence-corrected chi connectivity index (χ1v) is 10.1. The summed E-state index contributed by atoms with van der Waals surface area (Å²) >= 11 is 0. The molecule has 1 amide bonds. The highest BCUT2D eigenvalue weighted by atomic mass is 16.5. The smallest absolute Gasteiger partial charge is 0.337 e. The van der Waals surface area contributed by atoms with Crippen molar-refractivity contribution in [3.63, 3.8) is 0 Å². The highest BCUT2D eigenvalue weighted by Gasteiger charge is 2.26. The number of nitrogens with two attached hydrogens (primary N) is 1. The molecule has 5 nitrogen and oxygen atoms in total. The van der Waals surface area contributed by atoms with E-state index in [1.165, 1.54) is 12.7 Å². The Morgan fingerprint density at radius 2 is 1.65 bits per heavy atom. The first kappa shape index (κ1) is 25.5. The van der Waals surface area contributed by atoms with Gasteiger partial charge in [-0.15, -0.1) is 12.8 Å². The van der Waals surface area contributed by atoms with E-state index in [4.69, 9.17) is 10.5 Å². The fourth-order valence-corrected chi connectivity index (χ4v) is 3.33. The highest BCUT2D eigenvalue weighted by Crippen LogP contribution is 2.34. The van der Waals surface area contributed by atoms with Gasteiger partial charge in [-0.1, -0.05) is 24.3 Å². The third-order valence-electron chi connectivity index (χ3n) is 5.05. The van der Waals surface area contributed by atoms with Gasteiger partial charge in [0.05, 0.1) is 12.7 Å². The van der Waals surface area contributed by atoms with E-state index in [2.05, 4.69) is 25.8 Å². The van der Waals surface area contributed by atoms with Crippen LogP contribution in [0.1, 0.15) is 50.0 Å². The molecular weight excluding hydrogens is 388 g/mol. The van der Waals surface area contributed by atoms with Gasteiger partial charge in [-0.25, -0.2) is 4.79 Å². The Kier molecular flexibility index (Phi) is 10.1. The Labute approximate surface area is 185 Å². The Morgan fingerprint density at radius 1 is 1.10 bits per heavy atom. The number of ether oxygens (including phenoxy) is 1. The summed E-state index contributed by atoms with van der Waals surface area (Å²) < 4.78 is 4.72. The predicted octanol–water partition coefficient (Wildman–Crippen LogP) is 4.95. The number of anilines is 1. The van der Waals surface area contributed by atoms with Crippen LogP contribution in [0.15, 0.2) is 54.2 Å². The normalized spacial score (nSPS) is 14.7. The number of hydrogen-bond donors (Lipinski definition) is 1. The van der Waals surface area contributed by atoms with Gasteiger partial charge >= 0.3 is 5.97 Å². The van der Waals surface area contributed by atoms with Gasteiger partial charge in [-0.3, -0.25) is 4.79 Å². The second-order valence-electron chi connectivity index (χ2n) is 7.22. The number of carbonyl (C=O) groups is 2. The summed E-state index contributed by atoms with van der Waals surface area (Å²) in [5.74, 6) is -0.253. The molecule has 3 rings (SSSR count). The summed E-state index contributed by atoms with van der Waals surface area (Å²) in [7, 11) is 1.38. The van der Waals surface area contributed by atoms with Crippen LogP contribution in [0.5, 0.6) is 0 Å². The van der Waals surface area contributed by atoms with Crippen LogP contribution in [0.3, 0.4) is 0 Å². The summed E-state index contributed by atoms with van der Waals surface area (Å²) in [5, 5.41) is 0. The first-order valence-electron chi connectivity index (χ1n) is 10.1. The van der Waals surface area contributed by atoms with Crippen LogP contribution in [0.25, 0.3) is 11.1 Å². The van der Waals surface area contributed by atoms with Gasteiger partial charge < -0.3 is 15.4 Å². The molecule has 1 aliphatic heterocycles. The molecule has 0 unspecified atom stereocenters. The molecule has 0 fully saturated rings. The van der Waals surface area contributed by atoms with Crippen molar-refractivity contribution in [3.05, 3.63) is 65.4 Å². The number of fused-ring (bicyclic) bond motifs is 1. The van der Waals surface area contributed by atoms with Crippen molar-refractivity contribution >= 4 is 17.6 Å². The number of carbonyl (C=O) groups excluding carboxylic acids is 2. The zero-order valence-corrected chi connectivity index (χ0v) is 19.0. The zero-order valence-electron chi connectivity index (χ0n) is 19.0. The van der Waals surface area contributed by atoms with E-state index in [0.29, 0.717) is 5.56 Å². The minimum atomic E-state index is -0.335. The van der Waals surface area contributed by atoms with E-state index in [0.717, 1.165) is 35.4 Å². The van der Waals surface area contributed by atoms with E-state index in [1.807, 2.05) is 49.1 Å². The third kappa shape index (κ3) is 6.75. The average molecular weight is 421 g/mol. The van der Waals surface area contributed by atoms with Crippen LogP contribution in [0, 0.1) is 12.8 Å². The number of hydrogen-bond acceptors (Lipinski definition) is 4. The van der Waals surface area contributed by atoms with Gasteiger partial charge in [-0.2, -0.15) is 0 Å². The lowest BCUT2D eigenvalue weighted by Gasteiger charge is -2.34. The van der Waals surface area contributed by atoms with E-state index < -0.39 is 0 Å². The molecule has 1 atom stereocenters. The number of terminal acetylenes is 1. The molecule has 0 saturated heterocycles. The Hall–Kier alpha value is -3.52. The second-order valence-corrected chi connectivity index (χ2v) is 7.22. The van der Waals surface area contributed by atoms with Crippen molar-refractivity contribution in [3.8, 4) is 24.0 Å². The topological polar surface area (TPSA) is 72.6 Å². The van der Waals surface area contributed by atoms with Crippen LogP contribution >= 0.6 is 0 Å². The second kappa shape index (κ2) is 12.2. The molecule has 2 aromatic carbocycles. The lowest BCUT2D eigenvalue weighted by molar-refractivity contribution is -0.117. The molecule has 0 radical (unpaired) electrons. The quantitative estimate of drug-likeness (QED) is 0.551. The number of methoxy groups -OCH3 is 1. The maximum Gasteiger partial charge on any atom is 0.337 e. The number of nitrogens with zero attached hydrogens (tertiary/aromatic N) is 1. The van der Waals surface area contributed by atoms with Gasteiger partial charge in [0.2, 0.25) is 5.91 Å². The standard InChI is InChI=1S/C20H21NO3.C4H9N.C2H2/c1-13-4-5-18-12-17(10-11-19(18)21(13)14(2)22)15-6-8-16(9-7-15)20(23)24-3;1-3-4(2)5;1-2/h6-13H,4-5H2,1-3H3;3H,5H2,1-2H3;1-2H/b;4-3+;/t13-;;/m0../s1. The lowest BCUT2D eigenvalue weighted by Crippen LogP contribution is -2.40. The van der Waals surface area contributed by atoms with Gasteiger partial charge in [0.1, 0.15) is 0 Å². The van der Waals surface area contributed by atoms with Crippen LogP contribution in [-0.4, -0.2) is 25.0 Å². The molecule has 164 valence electrons. The van der Waals surface area contributed by atoms with Gasteiger partial charge in [0, 0.05) is 24.4 Å². The van der Waals surface area contributed by atoms with Crippen molar-refractivity contribution in [1.82, 2.24) is 0 Å². The molecule has 0 saturated carbocycles. The number of amides is 1. The molecule has 0 aliphatic carbocycles. The summed E-state index contributed by atoms with van der Waals surface area (Å²) in [4.78, 5) is 25.3. The Morgan fingerprint density at radius 3 is 2.13 bits per heavy atom. The molecule has 1 aliphatic rings. The molecule has 0 aromatic heterocycles. The van der Waals surface area contributed by atoms with Crippen LogP contribution in [-0.2, 0) is 16.0 Å². The van der Waals surface area contributed by atoms with Gasteiger partial charge in [-0.05, 0) is 74.6 Å². The summed E-state index contributed by atoms with van der Waals surface area (Å²) in [6.07, 6.45) is 11.8. The molecule has 0 bridgehead atoms. The van der Waals surface area contributed by atoms with Gasteiger partial charge in [0.25, 0.3) is 0 Å². The molecule has 2 aromatic rings. The molecule has 2 N–H and O–H groups in total. The molecule has 1 heterocycles. The summed E-state index contributed by atoms with van der Waals surface area (Å²) in [6.45, 7) is 7.48. The first-order chi connectivity index (χ1) is 14.8. The van der Waals surface area contributed by atoms with Crippen molar-refractivity contribution in [2.45, 2.75) is 46.6 Å². The average Bonchev–Trinajstić information content (AvgIpc) is 2.79. The predicted molar refractivity (Wildman–Crippen MR) is 128 cm³/mol. The van der Waals surface area contributed by atoms with E-state index in [-0.39, 0.29) is 17.9 Å². The van der Waals surface area contributed by atoms with Crippen molar-refractivity contribution in [1.29, 1.82) is 0 Å². The number of esters is 1. The van der Waals surface area contributed by atoms with Crippen LogP contribution < -0.4 is 10.6 Å². The molecule has 5 heteroatoms. The van der Waals surface area contributed by atoms with Crippen molar-refractivity contribution < 1.29 is 14.3 Å². The summed E-state index contributed by atoms with van der Waals surface area (Å²) in [5.41, 5.74) is 10.9. The van der Waals surface area contributed by atoms with Crippen molar-refractivity contribution in [2.75, 3.05) is 12.0 Å². The number of allylic oxidation sites excluding steroid dienone is 2. The third-order valence-corrected chi connectivity index (χ3v) is 5.05. The molecule has 0 spiro atoms. The SMILES string of the molecule is C#C.C/C=C(\C)N.COC(=O)c1ccc(-c2ccc3c(c2)CC[C@H](C)N3C(C)=O)cc1. The molecule has 31 heavy (non-hydrogen) atoms. The summed E-state index contributed by atoms with van der Waals surface area (Å²) in [6, 6.07) is 13.8.